The van der Waals surface area contributed by atoms with E-state index in [0.29, 0.717) is 12.0 Å². The highest BCUT2D eigenvalue weighted by molar-refractivity contribution is 6.00. The van der Waals surface area contributed by atoms with Gasteiger partial charge in [-0.2, -0.15) is 0 Å². The summed E-state index contributed by atoms with van der Waals surface area (Å²) in [6.07, 6.45) is 0.485. The third kappa shape index (κ3) is 2.33. The van der Waals surface area contributed by atoms with Gasteiger partial charge in [0.05, 0.1) is 6.54 Å². The molecule has 1 heterocycles. The van der Waals surface area contributed by atoms with E-state index in [2.05, 4.69) is 5.32 Å². The van der Waals surface area contributed by atoms with Gasteiger partial charge in [-0.25, -0.2) is 0 Å². The Hall–Kier alpha value is -2.17. The number of amides is 2. The molecule has 2 rings (SSSR count). The van der Waals surface area contributed by atoms with E-state index < -0.39 is 6.04 Å². The molecule has 0 aliphatic carbocycles. The third-order valence-corrected chi connectivity index (χ3v) is 2.72. The lowest BCUT2D eigenvalue weighted by Gasteiger charge is -2.14. The standard InChI is InChI=1S/C12H12N2O3/c15-8-13-10-6-14(7-11(10)16)12(17)9-4-2-1-3-5-9/h1-5,8,10H,6-7H2,(H,13,15). The summed E-state index contributed by atoms with van der Waals surface area (Å²) in [6.45, 7) is 0.296. The number of Topliss-reactive ketones (excluding diaryl/α,β-unsaturated/α-hetero) is 1. The molecule has 1 N–H and O–H groups in total. The molecule has 1 atom stereocenters. The normalized spacial score (nSPS) is 19.2. The molecule has 5 heteroatoms. The van der Waals surface area contributed by atoms with Gasteiger partial charge in [0, 0.05) is 12.1 Å². The summed E-state index contributed by atoms with van der Waals surface area (Å²) in [5.74, 6) is -0.324. The SMILES string of the molecule is O=CNC1CN(C(=O)c2ccccc2)CC1=O. The van der Waals surface area contributed by atoms with E-state index in [1.165, 1.54) is 4.90 Å². The first-order valence-corrected chi connectivity index (χ1v) is 5.29. The van der Waals surface area contributed by atoms with Crippen LogP contribution >= 0.6 is 0 Å². The van der Waals surface area contributed by atoms with Crippen molar-refractivity contribution in [3.63, 3.8) is 0 Å². The zero-order valence-electron chi connectivity index (χ0n) is 9.13. The van der Waals surface area contributed by atoms with Gasteiger partial charge in [0.15, 0.2) is 5.78 Å². The molecule has 1 aromatic carbocycles. The van der Waals surface area contributed by atoms with E-state index in [1.54, 1.807) is 24.3 Å². The van der Waals surface area contributed by atoms with Gasteiger partial charge in [0.25, 0.3) is 5.91 Å². The monoisotopic (exact) mass is 232 g/mol. The molecule has 88 valence electrons. The number of carbonyl (C=O) groups is 3. The fourth-order valence-electron chi connectivity index (χ4n) is 1.83. The topological polar surface area (TPSA) is 66.5 Å². The third-order valence-electron chi connectivity index (χ3n) is 2.72. The van der Waals surface area contributed by atoms with Gasteiger partial charge in [0.1, 0.15) is 6.04 Å². The number of nitrogens with one attached hydrogen (secondary N) is 1. The first-order valence-electron chi connectivity index (χ1n) is 5.29. The Kier molecular flexibility index (Phi) is 3.18. The predicted octanol–water partition coefficient (Wildman–Crippen LogP) is -0.174. The van der Waals surface area contributed by atoms with Gasteiger partial charge < -0.3 is 10.2 Å². The van der Waals surface area contributed by atoms with E-state index in [4.69, 9.17) is 0 Å². The molecule has 1 unspecified atom stereocenters. The number of hydrogen-bond acceptors (Lipinski definition) is 3. The molecular weight excluding hydrogens is 220 g/mol. The first-order chi connectivity index (χ1) is 8.22. The van der Waals surface area contributed by atoms with Crippen LogP contribution in [0.3, 0.4) is 0 Å². The van der Waals surface area contributed by atoms with E-state index in [1.807, 2.05) is 6.07 Å². The van der Waals surface area contributed by atoms with Crippen LogP contribution in [0.15, 0.2) is 30.3 Å². The highest BCUT2D eigenvalue weighted by Crippen LogP contribution is 2.11. The molecular formula is C12H12N2O3. The summed E-state index contributed by atoms with van der Waals surface area (Å²) < 4.78 is 0. The zero-order valence-corrected chi connectivity index (χ0v) is 9.13. The largest absolute Gasteiger partial charge is 0.347 e. The molecule has 0 saturated carbocycles. The summed E-state index contributed by atoms with van der Waals surface area (Å²) >= 11 is 0. The fraction of sp³-hybridized carbons (Fsp3) is 0.250. The number of rotatable bonds is 3. The maximum Gasteiger partial charge on any atom is 0.254 e. The van der Waals surface area contributed by atoms with E-state index in [0.717, 1.165) is 0 Å². The number of carbonyl (C=O) groups excluding carboxylic acids is 3. The maximum atomic E-state index is 12.0. The lowest BCUT2D eigenvalue weighted by molar-refractivity contribution is -0.120. The Balaban J connectivity index is 2.08. The van der Waals surface area contributed by atoms with Gasteiger partial charge in [-0.1, -0.05) is 18.2 Å². The van der Waals surface area contributed by atoms with Crippen LogP contribution in [0.5, 0.6) is 0 Å². The molecule has 17 heavy (non-hydrogen) atoms. The van der Waals surface area contributed by atoms with Crippen LogP contribution < -0.4 is 5.32 Å². The van der Waals surface area contributed by atoms with Crippen molar-refractivity contribution in [1.82, 2.24) is 10.2 Å². The van der Waals surface area contributed by atoms with E-state index >= 15 is 0 Å². The minimum absolute atomic E-state index is 0.0548. The van der Waals surface area contributed by atoms with Crippen molar-refractivity contribution in [1.29, 1.82) is 0 Å². The van der Waals surface area contributed by atoms with Gasteiger partial charge in [-0.05, 0) is 12.1 Å². The molecule has 5 nitrogen and oxygen atoms in total. The second-order valence-electron chi connectivity index (χ2n) is 3.86. The number of hydrogen-bond donors (Lipinski definition) is 1. The minimum atomic E-state index is -0.569. The molecule has 1 aliphatic heterocycles. The molecule has 2 amide bonds. The van der Waals surface area contributed by atoms with Crippen molar-refractivity contribution in [2.75, 3.05) is 13.1 Å². The molecule has 1 aliphatic rings. The van der Waals surface area contributed by atoms with E-state index in [-0.39, 0.29) is 24.8 Å². The average molecular weight is 232 g/mol. The molecule has 0 bridgehead atoms. The Morgan fingerprint density at radius 3 is 2.71 bits per heavy atom. The molecule has 1 saturated heterocycles. The highest BCUT2D eigenvalue weighted by atomic mass is 16.2. The van der Waals surface area contributed by atoms with Crippen molar-refractivity contribution in [2.24, 2.45) is 0 Å². The second kappa shape index (κ2) is 4.78. The molecule has 0 aromatic heterocycles. The predicted molar refractivity (Wildman–Crippen MR) is 60.3 cm³/mol. The smallest absolute Gasteiger partial charge is 0.254 e. The van der Waals surface area contributed by atoms with Crippen LogP contribution in [0.4, 0.5) is 0 Å². The lowest BCUT2D eigenvalue weighted by Crippen LogP contribution is -2.36. The average Bonchev–Trinajstić information content (AvgIpc) is 2.72. The minimum Gasteiger partial charge on any atom is -0.347 e. The van der Waals surface area contributed by atoms with Crippen molar-refractivity contribution in [3.8, 4) is 0 Å². The van der Waals surface area contributed by atoms with Crippen LogP contribution in [0.25, 0.3) is 0 Å². The Morgan fingerprint density at radius 1 is 1.35 bits per heavy atom. The van der Waals surface area contributed by atoms with Crippen LogP contribution in [0.2, 0.25) is 0 Å². The quantitative estimate of drug-likeness (QED) is 0.735. The highest BCUT2D eigenvalue weighted by Gasteiger charge is 2.33. The van der Waals surface area contributed by atoms with Crippen molar-refractivity contribution in [2.45, 2.75) is 6.04 Å². The van der Waals surface area contributed by atoms with Crippen molar-refractivity contribution >= 4 is 18.1 Å². The fourth-order valence-corrected chi connectivity index (χ4v) is 1.83. The Morgan fingerprint density at radius 2 is 2.06 bits per heavy atom. The van der Waals surface area contributed by atoms with Crippen molar-refractivity contribution < 1.29 is 14.4 Å². The summed E-state index contributed by atoms with van der Waals surface area (Å²) in [6, 6.07) is 8.20. The Bertz CT molecular complexity index is 444. The number of benzene rings is 1. The summed E-state index contributed by atoms with van der Waals surface area (Å²) in [5.41, 5.74) is 0.548. The van der Waals surface area contributed by atoms with Crippen LogP contribution in [0.1, 0.15) is 10.4 Å². The molecule has 0 radical (unpaired) electrons. The lowest BCUT2D eigenvalue weighted by atomic mass is 10.2. The number of nitrogens with zero attached hydrogens (tertiary/aromatic N) is 1. The number of ketones is 1. The zero-order chi connectivity index (χ0) is 12.3. The summed E-state index contributed by atoms with van der Waals surface area (Å²) in [4.78, 5) is 35.2. The molecule has 0 spiro atoms. The summed E-state index contributed by atoms with van der Waals surface area (Å²) in [7, 11) is 0. The van der Waals surface area contributed by atoms with Crippen LogP contribution in [0, 0.1) is 0 Å². The maximum absolute atomic E-state index is 12.0. The number of likely N-dealkylation sites (tertiary alicyclic amines) is 1. The van der Waals surface area contributed by atoms with Gasteiger partial charge in [-0.3, -0.25) is 14.4 Å². The molecule has 1 aromatic rings. The van der Waals surface area contributed by atoms with Crippen LogP contribution in [-0.2, 0) is 9.59 Å². The van der Waals surface area contributed by atoms with Crippen molar-refractivity contribution in [3.05, 3.63) is 35.9 Å². The van der Waals surface area contributed by atoms with Crippen LogP contribution in [-0.4, -0.2) is 42.1 Å². The molecule has 1 fully saturated rings. The first kappa shape index (κ1) is 11.3. The van der Waals surface area contributed by atoms with E-state index in [9.17, 15) is 14.4 Å². The van der Waals surface area contributed by atoms with Gasteiger partial charge in [0.2, 0.25) is 6.41 Å². The summed E-state index contributed by atoms with van der Waals surface area (Å²) in [5, 5.41) is 2.41. The Labute approximate surface area is 98.4 Å². The van der Waals surface area contributed by atoms with Gasteiger partial charge >= 0.3 is 0 Å². The van der Waals surface area contributed by atoms with Gasteiger partial charge in [-0.15, -0.1) is 0 Å². The second-order valence-corrected chi connectivity index (χ2v) is 3.86.